The highest BCUT2D eigenvalue weighted by Gasteiger charge is 2.14. The molecule has 111 valence electrons. The van der Waals surface area contributed by atoms with E-state index in [2.05, 4.69) is 44.4 Å². The molecule has 6 heteroatoms. The van der Waals surface area contributed by atoms with Gasteiger partial charge in [-0.15, -0.1) is 0 Å². The van der Waals surface area contributed by atoms with E-state index in [-0.39, 0.29) is 0 Å². The third-order valence-corrected chi connectivity index (χ3v) is 3.93. The molecule has 1 aliphatic heterocycles. The first-order chi connectivity index (χ1) is 10.8. The summed E-state index contributed by atoms with van der Waals surface area (Å²) >= 11 is 0. The van der Waals surface area contributed by atoms with Crippen LogP contribution < -0.4 is 4.90 Å². The zero-order valence-corrected chi connectivity index (χ0v) is 12.4. The molecule has 0 aliphatic carbocycles. The van der Waals surface area contributed by atoms with E-state index in [0.29, 0.717) is 19.2 Å². The molecular formula is C16H16N5O. The maximum Gasteiger partial charge on any atom is 0.226 e. The molecule has 0 atom stereocenters. The average Bonchev–Trinajstić information content (AvgIpc) is 2.96. The molecule has 22 heavy (non-hydrogen) atoms. The molecule has 1 fully saturated rings. The van der Waals surface area contributed by atoms with Gasteiger partial charge in [0.25, 0.3) is 0 Å². The number of morpholine rings is 1. The summed E-state index contributed by atoms with van der Waals surface area (Å²) in [6.07, 6.45) is 4.83. The van der Waals surface area contributed by atoms with Gasteiger partial charge in [0.1, 0.15) is 0 Å². The minimum absolute atomic E-state index is 0.714. The second-order valence-corrected chi connectivity index (χ2v) is 5.32. The smallest absolute Gasteiger partial charge is 0.226 e. The van der Waals surface area contributed by atoms with Crippen LogP contribution in [0.3, 0.4) is 0 Å². The van der Waals surface area contributed by atoms with E-state index in [1.165, 1.54) is 0 Å². The van der Waals surface area contributed by atoms with Crippen LogP contribution in [0.1, 0.15) is 0 Å². The SMILES string of the molecule is Cn1ncc2ccc(-c3c[c]nc(N4CCOCC4)n3)cc21. The first-order valence-electron chi connectivity index (χ1n) is 7.31. The van der Waals surface area contributed by atoms with E-state index in [1.807, 2.05) is 24.0 Å². The van der Waals surface area contributed by atoms with Gasteiger partial charge in [-0.05, 0) is 12.1 Å². The largest absolute Gasteiger partial charge is 0.378 e. The third-order valence-electron chi connectivity index (χ3n) is 3.93. The highest BCUT2D eigenvalue weighted by molar-refractivity contribution is 5.83. The Hall–Kier alpha value is -2.47. The Balaban J connectivity index is 1.72. The van der Waals surface area contributed by atoms with Crippen LogP contribution in [0.4, 0.5) is 5.95 Å². The first kappa shape index (κ1) is 13.2. The Morgan fingerprint density at radius 1 is 1.23 bits per heavy atom. The standard InChI is InChI=1S/C16H16N5O/c1-20-15-10-12(2-3-13(15)11-18-20)14-4-5-17-16(19-14)21-6-8-22-9-7-21/h2-4,10-11H,6-9H2,1H3. The van der Waals surface area contributed by atoms with Gasteiger partial charge in [-0.1, -0.05) is 12.1 Å². The molecule has 0 amide bonds. The Bertz CT molecular complexity index is 807. The average molecular weight is 294 g/mol. The van der Waals surface area contributed by atoms with Crippen LogP contribution in [0.25, 0.3) is 22.2 Å². The maximum absolute atomic E-state index is 5.37. The maximum atomic E-state index is 5.37. The summed E-state index contributed by atoms with van der Waals surface area (Å²) < 4.78 is 7.24. The van der Waals surface area contributed by atoms with Crippen molar-refractivity contribution in [3.63, 3.8) is 0 Å². The van der Waals surface area contributed by atoms with Crippen LogP contribution >= 0.6 is 0 Å². The van der Waals surface area contributed by atoms with Crippen LogP contribution in [0.5, 0.6) is 0 Å². The van der Waals surface area contributed by atoms with Crippen LogP contribution in [-0.4, -0.2) is 46.1 Å². The van der Waals surface area contributed by atoms with Crippen LogP contribution in [0.2, 0.25) is 0 Å². The van der Waals surface area contributed by atoms with Crippen molar-refractivity contribution in [2.24, 2.45) is 7.05 Å². The van der Waals surface area contributed by atoms with E-state index in [4.69, 9.17) is 4.74 Å². The Morgan fingerprint density at radius 3 is 2.95 bits per heavy atom. The van der Waals surface area contributed by atoms with Crippen molar-refractivity contribution in [2.45, 2.75) is 0 Å². The topological polar surface area (TPSA) is 56.1 Å². The van der Waals surface area contributed by atoms with Crippen molar-refractivity contribution in [3.8, 4) is 11.3 Å². The molecule has 1 saturated heterocycles. The summed E-state index contributed by atoms with van der Waals surface area (Å²) in [5.74, 6) is 0.714. The van der Waals surface area contributed by atoms with E-state index in [0.717, 1.165) is 35.2 Å². The first-order valence-corrected chi connectivity index (χ1v) is 7.31. The van der Waals surface area contributed by atoms with Gasteiger partial charge in [0.2, 0.25) is 5.95 Å². The number of aryl methyl sites for hydroxylation is 1. The lowest BCUT2D eigenvalue weighted by atomic mass is 10.1. The van der Waals surface area contributed by atoms with E-state index in [9.17, 15) is 0 Å². The third kappa shape index (κ3) is 2.31. The number of nitrogens with zero attached hydrogens (tertiary/aromatic N) is 5. The van der Waals surface area contributed by atoms with Gasteiger partial charge in [0.15, 0.2) is 0 Å². The predicted molar refractivity (Wildman–Crippen MR) is 83.6 cm³/mol. The molecule has 0 unspecified atom stereocenters. The molecule has 1 aromatic carbocycles. The predicted octanol–water partition coefficient (Wildman–Crippen LogP) is 1.67. The highest BCUT2D eigenvalue weighted by atomic mass is 16.5. The molecule has 4 rings (SSSR count). The van der Waals surface area contributed by atoms with Crippen molar-refractivity contribution in [3.05, 3.63) is 36.7 Å². The molecule has 3 heterocycles. The van der Waals surface area contributed by atoms with Crippen molar-refractivity contribution in [2.75, 3.05) is 31.2 Å². The van der Waals surface area contributed by atoms with E-state index >= 15 is 0 Å². The van der Waals surface area contributed by atoms with Gasteiger partial charge in [-0.3, -0.25) is 4.68 Å². The van der Waals surface area contributed by atoms with Gasteiger partial charge in [-0.2, -0.15) is 5.10 Å². The second-order valence-electron chi connectivity index (χ2n) is 5.32. The quantitative estimate of drug-likeness (QED) is 0.719. The van der Waals surface area contributed by atoms with Crippen LogP contribution in [-0.2, 0) is 11.8 Å². The van der Waals surface area contributed by atoms with Gasteiger partial charge in [0, 0.05) is 31.1 Å². The number of rotatable bonds is 2. The molecule has 0 spiro atoms. The fraction of sp³-hybridized carbons (Fsp3) is 0.312. The molecule has 1 aliphatic rings. The molecule has 1 radical (unpaired) electrons. The molecular weight excluding hydrogens is 278 g/mol. The molecule has 0 saturated carbocycles. The molecule has 3 aromatic rings. The number of hydrogen-bond acceptors (Lipinski definition) is 5. The fourth-order valence-corrected chi connectivity index (χ4v) is 2.67. The Labute approximate surface area is 128 Å². The Morgan fingerprint density at radius 2 is 2.09 bits per heavy atom. The number of ether oxygens (including phenoxy) is 1. The molecule has 6 nitrogen and oxygen atoms in total. The summed E-state index contributed by atoms with van der Waals surface area (Å²) in [5.41, 5.74) is 3.01. The minimum atomic E-state index is 0.714. The molecule has 0 N–H and O–H groups in total. The highest BCUT2D eigenvalue weighted by Crippen LogP contribution is 2.23. The zero-order valence-electron chi connectivity index (χ0n) is 12.4. The number of anilines is 1. The lowest BCUT2D eigenvalue weighted by Crippen LogP contribution is -2.37. The van der Waals surface area contributed by atoms with Crippen molar-refractivity contribution in [1.29, 1.82) is 0 Å². The zero-order chi connectivity index (χ0) is 14.9. The van der Waals surface area contributed by atoms with Crippen LogP contribution in [0, 0.1) is 6.20 Å². The van der Waals surface area contributed by atoms with Gasteiger partial charge in [0.05, 0.1) is 36.8 Å². The van der Waals surface area contributed by atoms with Crippen molar-refractivity contribution < 1.29 is 4.74 Å². The lowest BCUT2D eigenvalue weighted by molar-refractivity contribution is 0.122. The Kier molecular flexibility index (Phi) is 3.23. The summed E-state index contributed by atoms with van der Waals surface area (Å²) in [5, 5.41) is 5.40. The minimum Gasteiger partial charge on any atom is -0.378 e. The number of hydrogen-bond donors (Lipinski definition) is 0. The van der Waals surface area contributed by atoms with E-state index in [1.54, 1.807) is 0 Å². The number of benzene rings is 1. The van der Waals surface area contributed by atoms with E-state index < -0.39 is 0 Å². The number of fused-ring (bicyclic) bond motifs is 1. The summed E-state index contributed by atoms with van der Waals surface area (Å²) in [6.45, 7) is 3.07. The van der Waals surface area contributed by atoms with Crippen LogP contribution in [0.15, 0.2) is 30.5 Å². The van der Waals surface area contributed by atoms with Crippen molar-refractivity contribution in [1.82, 2.24) is 19.7 Å². The summed E-state index contributed by atoms with van der Waals surface area (Å²) in [6, 6.07) is 8.04. The monoisotopic (exact) mass is 294 g/mol. The fourth-order valence-electron chi connectivity index (χ4n) is 2.67. The van der Waals surface area contributed by atoms with Crippen molar-refractivity contribution >= 4 is 16.9 Å². The summed E-state index contributed by atoms with van der Waals surface area (Å²) in [4.78, 5) is 11.1. The van der Waals surface area contributed by atoms with Gasteiger partial charge < -0.3 is 9.64 Å². The summed E-state index contributed by atoms with van der Waals surface area (Å²) in [7, 11) is 1.94. The molecule has 2 aromatic heterocycles. The van der Waals surface area contributed by atoms with Gasteiger partial charge >= 0.3 is 0 Å². The normalized spacial score (nSPS) is 15.4. The lowest BCUT2D eigenvalue weighted by Gasteiger charge is -2.26. The second kappa shape index (κ2) is 5.38. The van der Waals surface area contributed by atoms with Gasteiger partial charge in [-0.25, -0.2) is 9.97 Å². The number of aromatic nitrogens is 4. The molecule has 0 bridgehead atoms.